The highest BCUT2D eigenvalue weighted by molar-refractivity contribution is 5.95. The highest BCUT2D eigenvalue weighted by atomic mass is 19.4. The maximum absolute atomic E-state index is 12.4. The Bertz CT molecular complexity index is 823. The van der Waals surface area contributed by atoms with Gasteiger partial charge in [-0.15, -0.1) is 0 Å². The number of rotatable bonds is 5. The Kier molecular flexibility index (Phi) is 6.13. The number of alkyl halides is 3. The summed E-state index contributed by atoms with van der Waals surface area (Å²) in [6.45, 7) is 7.73. The number of hydrogen-bond acceptors (Lipinski definition) is 3. The largest absolute Gasteiger partial charge is 0.481 e. The highest BCUT2D eigenvalue weighted by Crippen LogP contribution is 2.28. The fourth-order valence-corrected chi connectivity index (χ4v) is 2.95. The first-order chi connectivity index (χ1) is 12.5. The first kappa shape index (κ1) is 20.7. The zero-order chi connectivity index (χ0) is 20.4. The fraction of sp³-hybridized carbons (Fsp3) is 0.400. The molecule has 7 heteroatoms. The molecule has 4 nitrogen and oxygen atoms in total. The summed E-state index contributed by atoms with van der Waals surface area (Å²) in [6, 6.07) is 5.13. The predicted molar refractivity (Wildman–Crippen MR) is 98.3 cm³/mol. The van der Waals surface area contributed by atoms with Gasteiger partial charge in [-0.2, -0.15) is 13.2 Å². The quantitative estimate of drug-likeness (QED) is 0.801. The van der Waals surface area contributed by atoms with Crippen LogP contribution in [0.4, 0.5) is 18.9 Å². The molecular formula is C20H23F3N2O2. The molecule has 1 amide bonds. The monoisotopic (exact) mass is 380 g/mol. The van der Waals surface area contributed by atoms with Gasteiger partial charge in [0.05, 0.1) is 7.11 Å². The van der Waals surface area contributed by atoms with Crippen molar-refractivity contribution in [1.82, 2.24) is 4.98 Å². The number of aromatic nitrogens is 1. The van der Waals surface area contributed by atoms with Crippen molar-refractivity contribution in [2.75, 3.05) is 12.4 Å². The summed E-state index contributed by atoms with van der Waals surface area (Å²) in [7, 11) is 1.58. The van der Waals surface area contributed by atoms with Crippen LogP contribution in [-0.4, -0.2) is 24.2 Å². The second-order valence-electron chi connectivity index (χ2n) is 6.81. The van der Waals surface area contributed by atoms with Gasteiger partial charge in [0.2, 0.25) is 5.88 Å². The van der Waals surface area contributed by atoms with Crippen LogP contribution in [0, 0.1) is 13.8 Å². The Balaban J connectivity index is 2.30. The minimum atomic E-state index is -4.91. The first-order valence-corrected chi connectivity index (χ1v) is 8.54. The summed E-state index contributed by atoms with van der Waals surface area (Å²) < 4.78 is 42.6. The van der Waals surface area contributed by atoms with E-state index in [4.69, 9.17) is 4.74 Å². The third kappa shape index (κ3) is 4.99. The smallest absolute Gasteiger partial charge is 0.471 e. The first-order valence-electron chi connectivity index (χ1n) is 8.54. The van der Waals surface area contributed by atoms with E-state index in [1.165, 1.54) is 0 Å². The second kappa shape index (κ2) is 7.98. The third-order valence-corrected chi connectivity index (χ3v) is 4.34. The zero-order valence-corrected chi connectivity index (χ0v) is 16.0. The Morgan fingerprint density at radius 3 is 2.26 bits per heavy atom. The molecule has 1 N–H and O–H groups in total. The van der Waals surface area contributed by atoms with E-state index in [0.717, 1.165) is 27.8 Å². The van der Waals surface area contributed by atoms with E-state index in [1.54, 1.807) is 25.4 Å². The number of pyridine rings is 1. The van der Waals surface area contributed by atoms with Crippen LogP contribution in [0.3, 0.4) is 0 Å². The van der Waals surface area contributed by atoms with Gasteiger partial charge in [0.1, 0.15) is 0 Å². The maximum Gasteiger partial charge on any atom is 0.471 e. The lowest BCUT2D eigenvalue weighted by Gasteiger charge is -2.16. The van der Waals surface area contributed by atoms with Crippen molar-refractivity contribution in [2.45, 2.75) is 46.2 Å². The molecule has 146 valence electrons. The average molecular weight is 380 g/mol. The number of ether oxygens (including phenoxy) is 1. The highest BCUT2D eigenvalue weighted by Gasteiger charge is 2.38. The van der Waals surface area contributed by atoms with E-state index in [1.807, 2.05) is 25.2 Å². The summed E-state index contributed by atoms with van der Waals surface area (Å²) in [5.74, 6) is -1.14. The SMILES string of the molecule is COc1ncc(Cc2c(C)cc(NC(=O)C(F)(F)F)cc2C)cc1C(C)C. The lowest BCUT2D eigenvalue weighted by Crippen LogP contribution is -2.30. The number of amides is 1. The fourth-order valence-electron chi connectivity index (χ4n) is 2.95. The summed E-state index contributed by atoms with van der Waals surface area (Å²) in [4.78, 5) is 15.5. The van der Waals surface area contributed by atoms with Gasteiger partial charge in [0.25, 0.3) is 0 Å². The molecule has 0 atom stereocenters. The lowest BCUT2D eigenvalue weighted by molar-refractivity contribution is -0.167. The van der Waals surface area contributed by atoms with E-state index in [9.17, 15) is 18.0 Å². The molecule has 0 unspecified atom stereocenters. The topological polar surface area (TPSA) is 51.2 Å². The normalized spacial score (nSPS) is 11.6. The van der Waals surface area contributed by atoms with E-state index < -0.39 is 12.1 Å². The Morgan fingerprint density at radius 2 is 1.78 bits per heavy atom. The number of anilines is 1. The Morgan fingerprint density at radius 1 is 1.19 bits per heavy atom. The molecule has 0 bridgehead atoms. The van der Waals surface area contributed by atoms with Crippen molar-refractivity contribution in [3.8, 4) is 5.88 Å². The molecule has 0 aliphatic heterocycles. The number of halogens is 3. The van der Waals surface area contributed by atoms with Crippen molar-refractivity contribution in [1.29, 1.82) is 0 Å². The third-order valence-electron chi connectivity index (χ3n) is 4.34. The molecule has 1 heterocycles. The van der Waals surface area contributed by atoms with Gasteiger partial charge in [-0.25, -0.2) is 4.98 Å². The Labute approximate surface area is 156 Å². The number of benzene rings is 1. The van der Waals surface area contributed by atoms with Gasteiger partial charge in [0.15, 0.2) is 0 Å². The maximum atomic E-state index is 12.4. The molecule has 1 aromatic heterocycles. The molecule has 0 fully saturated rings. The molecule has 0 radical (unpaired) electrons. The predicted octanol–water partition coefficient (Wildman–Crippen LogP) is 4.92. The number of hydrogen-bond donors (Lipinski definition) is 1. The number of aryl methyl sites for hydroxylation is 2. The number of methoxy groups -OCH3 is 1. The van der Waals surface area contributed by atoms with Crippen molar-refractivity contribution in [3.05, 3.63) is 52.2 Å². The molecule has 0 saturated carbocycles. The minimum Gasteiger partial charge on any atom is -0.481 e. The van der Waals surface area contributed by atoms with Crippen molar-refractivity contribution in [3.63, 3.8) is 0 Å². The molecule has 0 spiro atoms. The summed E-state index contributed by atoms with van der Waals surface area (Å²) in [5, 5.41) is 1.90. The van der Waals surface area contributed by atoms with Crippen LogP contribution in [-0.2, 0) is 11.2 Å². The van der Waals surface area contributed by atoms with Crippen molar-refractivity contribution in [2.24, 2.45) is 0 Å². The van der Waals surface area contributed by atoms with Gasteiger partial charge in [-0.3, -0.25) is 4.79 Å². The average Bonchev–Trinajstić information content (AvgIpc) is 2.57. The van der Waals surface area contributed by atoms with Crippen LogP contribution in [0.5, 0.6) is 5.88 Å². The molecule has 0 aliphatic rings. The second-order valence-corrected chi connectivity index (χ2v) is 6.81. The number of nitrogens with one attached hydrogen (secondary N) is 1. The molecule has 1 aromatic carbocycles. The standard InChI is InChI=1S/C20H23F3N2O2/c1-11(2)16-8-14(10-24-18(16)27-5)9-17-12(3)6-15(7-13(17)4)25-19(26)20(21,22)23/h6-8,10-11H,9H2,1-5H3,(H,25,26). The molecule has 0 saturated heterocycles. The zero-order valence-electron chi connectivity index (χ0n) is 16.0. The van der Waals surface area contributed by atoms with Crippen molar-refractivity contribution < 1.29 is 22.7 Å². The van der Waals surface area contributed by atoms with Crippen LogP contribution >= 0.6 is 0 Å². The van der Waals surface area contributed by atoms with E-state index in [2.05, 4.69) is 18.8 Å². The van der Waals surface area contributed by atoms with Crippen LogP contribution < -0.4 is 10.1 Å². The summed E-state index contributed by atoms with van der Waals surface area (Å²) >= 11 is 0. The van der Waals surface area contributed by atoms with Crippen LogP contribution in [0.15, 0.2) is 24.4 Å². The van der Waals surface area contributed by atoms with Crippen molar-refractivity contribution >= 4 is 11.6 Å². The van der Waals surface area contributed by atoms with Crippen LogP contribution in [0.2, 0.25) is 0 Å². The molecule has 2 rings (SSSR count). The summed E-state index contributed by atoms with van der Waals surface area (Å²) in [5.41, 5.74) is 4.70. The van der Waals surface area contributed by atoms with Gasteiger partial charge in [0, 0.05) is 17.4 Å². The number of nitrogens with zero attached hydrogens (tertiary/aromatic N) is 1. The van der Waals surface area contributed by atoms with Gasteiger partial charge >= 0.3 is 12.1 Å². The van der Waals surface area contributed by atoms with Gasteiger partial charge in [-0.05, 0) is 66.6 Å². The van der Waals surface area contributed by atoms with E-state index in [0.29, 0.717) is 12.3 Å². The van der Waals surface area contributed by atoms with Gasteiger partial charge < -0.3 is 10.1 Å². The van der Waals surface area contributed by atoms with E-state index >= 15 is 0 Å². The molecule has 2 aromatic rings. The molecule has 27 heavy (non-hydrogen) atoms. The minimum absolute atomic E-state index is 0.131. The number of carbonyl (C=O) groups is 1. The van der Waals surface area contributed by atoms with Crippen LogP contribution in [0.25, 0.3) is 0 Å². The molecular weight excluding hydrogens is 357 g/mol. The van der Waals surface area contributed by atoms with Gasteiger partial charge in [-0.1, -0.05) is 13.8 Å². The summed E-state index contributed by atoms with van der Waals surface area (Å²) in [6.07, 6.45) is -2.59. The molecule has 0 aliphatic carbocycles. The van der Waals surface area contributed by atoms with Crippen LogP contribution in [0.1, 0.15) is 47.6 Å². The Hall–Kier alpha value is -2.57. The van der Waals surface area contributed by atoms with E-state index in [-0.39, 0.29) is 11.6 Å². The lowest BCUT2D eigenvalue weighted by atomic mass is 9.94. The number of carbonyl (C=O) groups excluding carboxylic acids is 1.